The van der Waals surface area contributed by atoms with Crippen molar-refractivity contribution in [2.75, 3.05) is 0 Å². The molecule has 0 atom stereocenters. The van der Waals surface area contributed by atoms with E-state index in [0.29, 0.717) is 17.8 Å². The van der Waals surface area contributed by atoms with Crippen LogP contribution in [0.2, 0.25) is 0 Å². The maximum absolute atomic E-state index is 2.51. The van der Waals surface area contributed by atoms with Crippen LogP contribution in [0, 0.1) is 20.8 Å². The molecule has 0 aromatic heterocycles. The van der Waals surface area contributed by atoms with E-state index in [-0.39, 0.29) is 0 Å². The summed E-state index contributed by atoms with van der Waals surface area (Å²) in [6, 6.07) is 9.78. The Hall–Kier alpha value is -1.02. The van der Waals surface area contributed by atoms with Crippen molar-refractivity contribution in [2.45, 2.75) is 80.1 Å². The zero-order chi connectivity index (χ0) is 18.9. The summed E-state index contributed by atoms with van der Waals surface area (Å²) in [7, 11) is 0. The molecule has 0 radical (unpaired) electrons. The molecule has 0 saturated carbocycles. The monoisotopic (exact) mass is 398 g/mol. The fourth-order valence-electron chi connectivity index (χ4n) is 3.97. The van der Waals surface area contributed by atoms with E-state index in [2.05, 4.69) is 86.6 Å². The molecule has 0 heterocycles. The zero-order valence-electron chi connectivity index (χ0n) is 17.7. The van der Waals surface area contributed by atoms with Crippen molar-refractivity contribution in [3.8, 4) is 0 Å². The number of hydrogen-bond acceptors (Lipinski definition) is 0. The molecule has 2 rings (SSSR count). The van der Waals surface area contributed by atoms with Crippen LogP contribution in [0.4, 0.5) is 0 Å². The third-order valence-corrected chi connectivity index (χ3v) is 11.0. The van der Waals surface area contributed by atoms with Crippen molar-refractivity contribution in [1.82, 2.24) is 0 Å². The second-order valence-corrected chi connectivity index (χ2v) is 12.4. The molecule has 0 spiro atoms. The van der Waals surface area contributed by atoms with Crippen LogP contribution in [0.15, 0.2) is 24.3 Å². The fourth-order valence-corrected chi connectivity index (χ4v) is 9.31. The summed E-state index contributed by atoms with van der Waals surface area (Å²) in [6.45, 7) is 20.9. The molecule has 25 heavy (non-hydrogen) atoms. The standard InChI is InChI=1S/C24H36Ge/c1-14(2)20-12-21(15(3)4)24(22(13-20)16(5)6)25-23-18(8)10-17(7)11-19(23)9/h10-16H,25H2,1-9H3. The van der Waals surface area contributed by atoms with E-state index in [4.69, 9.17) is 0 Å². The molecular weight excluding hydrogens is 361 g/mol. The molecule has 0 bridgehead atoms. The van der Waals surface area contributed by atoms with Crippen LogP contribution in [0.25, 0.3) is 0 Å². The van der Waals surface area contributed by atoms with Crippen LogP contribution in [-0.2, 0) is 0 Å². The summed E-state index contributed by atoms with van der Waals surface area (Å²) in [4.78, 5) is 0. The van der Waals surface area contributed by atoms with E-state index in [9.17, 15) is 0 Å². The van der Waals surface area contributed by atoms with Gasteiger partial charge in [0.1, 0.15) is 0 Å². The van der Waals surface area contributed by atoms with Crippen molar-refractivity contribution in [3.05, 3.63) is 57.6 Å². The zero-order valence-corrected chi connectivity index (χ0v) is 20.7. The van der Waals surface area contributed by atoms with Gasteiger partial charge in [-0.05, 0) is 0 Å². The molecule has 0 nitrogen and oxygen atoms in total. The minimum absolute atomic E-state index is 0.597. The van der Waals surface area contributed by atoms with Crippen LogP contribution >= 0.6 is 0 Å². The van der Waals surface area contributed by atoms with Crippen LogP contribution in [0.3, 0.4) is 0 Å². The van der Waals surface area contributed by atoms with Crippen LogP contribution in [0.5, 0.6) is 0 Å². The van der Waals surface area contributed by atoms with Gasteiger partial charge in [-0.3, -0.25) is 0 Å². The van der Waals surface area contributed by atoms with Gasteiger partial charge in [0, 0.05) is 0 Å². The summed E-state index contributed by atoms with van der Waals surface area (Å²) >= 11 is -1.03. The van der Waals surface area contributed by atoms with Gasteiger partial charge in [0.2, 0.25) is 0 Å². The molecule has 2 aromatic carbocycles. The van der Waals surface area contributed by atoms with Crippen LogP contribution in [0.1, 0.15) is 92.7 Å². The SMILES string of the molecule is Cc1cc(C)[c]([GeH2][c]2c(C(C)C)cc(C(C)C)cc2C(C)C)c(C)c1. The van der Waals surface area contributed by atoms with E-state index in [1.165, 1.54) is 22.3 Å². The molecule has 0 aliphatic rings. The quantitative estimate of drug-likeness (QED) is 0.616. The molecule has 0 saturated heterocycles. The molecule has 0 N–H and O–H groups in total. The Kier molecular flexibility index (Phi) is 6.59. The first-order chi connectivity index (χ1) is 11.6. The third-order valence-electron chi connectivity index (χ3n) is 5.45. The molecule has 0 fully saturated rings. The van der Waals surface area contributed by atoms with Gasteiger partial charge in [0.25, 0.3) is 0 Å². The molecule has 136 valence electrons. The third kappa shape index (κ3) is 4.58. The Morgan fingerprint density at radius 3 is 1.40 bits per heavy atom. The Balaban J connectivity index is 2.67. The van der Waals surface area contributed by atoms with Crippen molar-refractivity contribution in [1.29, 1.82) is 0 Å². The second kappa shape index (κ2) is 8.12. The van der Waals surface area contributed by atoms with Crippen molar-refractivity contribution < 1.29 is 0 Å². The molecule has 0 aliphatic heterocycles. The average molecular weight is 397 g/mol. The Labute approximate surface area is 161 Å². The molecule has 1 heteroatoms. The summed E-state index contributed by atoms with van der Waals surface area (Å²) in [5, 5.41) is 0. The summed E-state index contributed by atoms with van der Waals surface area (Å²) in [6.07, 6.45) is 0. The number of rotatable bonds is 5. The van der Waals surface area contributed by atoms with Crippen molar-refractivity contribution >= 4 is 24.2 Å². The molecule has 0 amide bonds. The van der Waals surface area contributed by atoms with Gasteiger partial charge in [-0.15, -0.1) is 0 Å². The van der Waals surface area contributed by atoms with Gasteiger partial charge in [0.05, 0.1) is 0 Å². The first-order valence-electron chi connectivity index (χ1n) is 9.85. The van der Waals surface area contributed by atoms with Gasteiger partial charge in [-0.25, -0.2) is 0 Å². The maximum atomic E-state index is 2.51. The Morgan fingerprint density at radius 2 is 1.04 bits per heavy atom. The van der Waals surface area contributed by atoms with Gasteiger partial charge < -0.3 is 0 Å². The molecule has 2 aromatic rings. The van der Waals surface area contributed by atoms with Crippen molar-refractivity contribution in [2.24, 2.45) is 0 Å². The van der Waals surface area contributed by atoms with Gasteiger partial charge in [0.15, 0.2) is 0 Å². The van der Waals surface area contributed by atoms with E-state index in [0.717, 1.165) is 0 Å². The normalized spacial score (nSPS) is 12.3. The number of hydrogen-bond donors (Lipinski definition) is 0. The molecular formula is C24H36Ge. The topological polar surface area (TPSA) is 0 Å². The summed E-state index contributed by atoms with van der Waals surface area (Å²) in [5.41, 5.74) is 9.16. The van der Waals surface area contributed by atoms with E-state index >= 15 is 0 Å². The van der Waals surface area contributed by atoms with Gasteiger partial charge in [-0.1, -0.05) is 0 Å². The first kappa shape index (κ1) is 20.3. The average Bonchev–Trinajstić information content (AvgIpc) is 2.49. The van der Waals surface area contributed by atoms with Gasteiger partial charge >= 0.3 is 162 Å². The predicted octanol–water partition coefficient (Wildman–Crippen LogP) is 5.10. The van der Waals surface area contributed by atoms with Crippen LogP contribution in [-0.4, -0.2) is 15.4 Å². The Bertz CT molecular complexity index is 699. The predicted molar refractivity (Wildman–Crippen MR) is 117 cm³/mol. The second-order valence-electron chi connectivity index (χ2n) is 8.70. The van der Waals surface area contributed by atoms with E-state index in [1.54, 1.807) is 19.9 Å². The first-order valence-corrected chi connectivity index (χ1v) is 12.8. The summed E-state index contributed by atoms with van der Waals surface area (Å²) in [5.74, 6) is 1.80. The molecule has 0 aliphatic carbocycles. The fraction of sp³-hybridized carbons (Fsp3) is 0.500. The van der Waals surface area contributed by atoms with Crippen LogP contribution < -0.4 is 8.79 Å². The summed E-state index contributed by atoms with van der Waals surface area (Å²) < 4.78 is 3.44. The Morgan fingerprint density at radius 1 is 0.600 bits per heavy atom. The number of aryl methyl sites for hydroxylation is 3. The minimum atomic E-state index is -1.03. The van der Waals surface area contributed by atoms with E-state index < -0.39 is 15.4 Å². The number of benzene rings is 2. The van der Waals surface area contributed by atoms with Gasteiger partial charge in [-0.2, -0.15) is 0 Å². The molecule has 0 unspecified atom stereocenters. The van der Waals surface area contributed by atoms with Crippen molar-refractivity contribution in [3.63, 3.8) is 0 Å². The van der Waals surface area contributed by atoms with E-state index in [1.807, 2.05) is 0 Å².